The molecule has 30 heavy (non-hydrogen) atoms. The minimum absolute atomic E-state index is 0. The molecule has 164 valence electrons. The van der Waals surface area contributed by atoms with Gasteiger partial charge in [0, 0.05) is 5.41 Å². The van der Waals surface area contributed by atoms with Crippen LogP contribution in [0.15, 0.2) is 23.8 Å². The first-order valence-electron chi connectivity index (χ1n) is 9.89. The first-order chi connectivity index (χ1) is 13.4. The Morgan fingerprint density at radius 1 is 1.33 bits per heavy atom. The Kier molecular flexibility index (Phi) is 8.61. The molecule has 0 bridgehead atoms. The molecule has 1 unspecified atom stereocenters. The van der Waals surface area contributed by atoms with Crippen molar-refractivity contribution >= 4 is 16.4 Å². The zero-order chi connectivity index (χ0) is 21.6. The van der Waals surface area contributed by atoms with Gasteiger partial charge in [0.05, 0.1) is 18.3 Å². The fraction of sp³-hybridized carbons (Fsp3) is 0.750. The Hall–Kier alpha value is 0.376. The first-order valence-corrected chi connectivity index (χ1v) is 11.2. The van der Waals surface area contributed by atoms with Gasteiger partial charge in [-0.3, -0.25) is 4.18 Å². The van der Waals surface area contributed by atoms with Crippen LogP contribution in [-0.2, 0) is 24.1 Å². The fourth-order valence-corrected chi connectivity index (χ4v) is 6.14. The quantitative estimate of drug-likeness (QED) is 0.124. The summed E-state index contributed by atoms with van der Waals surface area (Å²) in [5.74, 6) is -0.640. The molecule has 0 amide bonds. The monoisotopic (exact) mass is 468 g/mol. The van der Waals surface area contributed by atoms with E-state index < -0.39 is 34.0 Å². The number of ether oxygens (including phenoxy) is 1. The number of carbonyl (C=O) groups excluding carboxylic acids is 1. The Labute approximate surface area is 220 Å². The number of aliphatic hydroxyl groups excluding tert-OH is 2. The second-order valence-corrected chi connectivity index (χ2v) is 10.1. The molecule has 2 aliphatic carbocycles. The molecule has 8 nitrogen and oxygen atoms in total. The summed E-state index contributed by atoms with van der Waals surface area (Å²) in [5, 5.41) is 20.6. The normalized spacial score (nSPS) is 40.6. The molecule has 0 aromatic heterocycles. The predicted octanol–water partition coefficient (Wildman–Crippen LogP) is -1.55. The largest absolute Gasteiger partial charge is 1.00 e. The number of carbonyl (C=O) groups is 1. The SMILES string of the molecule is C=C1CC[C@@H]2[C@](C)(COS(=O)(=O)[O-])[C@H](O)CC[C@@]2(C)C1C/C=C1/C(=O)OC[C@H]1O.[K+]. The average molecular weight is 469 g/mol. The van der Waals surface area contributed by atoms with Crippen molar-refractivity contribution in [1.29, 1.82) is 0 Å². The van der Waals surface area contributed by atoms with E-state index >= 15 is 0 Å². The fourth-order valence-electron chi connectivity index (χ4n) is 5.74. The molecule has 0 aromatic rings. The molecular formula is C20H29KO8S. The molecule has 6 atom stereocenters. The van der Waals surface area contributed by atoms with Crippen molar-refractivity contribution in [2.24, 2.45) is 22.7 Å². The van der Waals surface area contributed by atoms with Crippen molar-refractivity contribution in [3.8, 4) is 0 Å². The van der Waals surface area contributed by atoms with Crippen molar-refractivity contribution in [2.75, 3.05) is 13.2 Å². The molecule has 1 heterocycles. The minimum Gasteiger partial charge on any atom is -0.726 e. The van der Waals surface area contributed by atoms with Crippen LogP contribution in [0, 0.1) is 22.7 Å². The molecule has 10 heteroatoms. The van der Waals surface area contributed by atoms with Crippen molar-refractivity contribution in [2.45, 2.75) is 58.2 Å². The van der Waals surface area contributed by atoms with Crippen LogP contribution >= 0.6 is 0 Å². The summed E-state index contributed by atoms with van der Waals surface area (Å²) in [4.78, 5) is 11.8. The molecule has 1 saturated heterocycles. The predicted molar refractivity (Wildman–Crippen MR) is 102 cm³/mol. The van der Waals surface area contributed by atoms with Gasteiger partial charge >= 0.3 is 57.4 Å². The number of cyclic esters (lactones) is 1. The smallest absolute Gasteiger partial charge is 0.726 e. The molecule has 0 aromatic carbocycles. The Balaban J connectivity index is 0.00000320. The molecule has 2 N–H and O–H groups in total. The van der Waals surface area contributed by atoms with Crippen LogP contribution in [0.4, 0.5) is 0 Å². The van der Waals surface area contributed by atoms with Crippen LogP contribution in [0.5, 0.6) is 0 Å². The van der Waals surface area contributed by atoms with Gasteiger partial charge in [0.25, 0.3) is 0 Å². The zero-order valence-corrected chi connectivity index (χ0v) is 21.7. The first kappa shape index (κ1) is 26.6. The molecular weight excluding hydrogens is 439 g/mol. The Bertz CT molecular complexity index is 825. The molecule has 1 aliphatic heterocycles. The number of hydrogen-bond donors (Lipinski definition) is 2. The number of hydrogen-bond acceptors (Lipinski definition) is 8. The second-order valence-electron chi connectivity index (χ2n) is 9.05. The van der Waals surface area contributed by atoms with Gasteiger partial charge in [0.15, 0.2) is 0 Å². The molecule has 2 saturated carbocycles. The maximum absolute atomic E-state index is 11.8. The molecule has 0 spiro atoms. The molecule has 3 fully saturated rings. The van der Waals surface area contributed by atoms with Gasteiger partial charge in [-0.25, -0.2) is 13.2 Å². The van der Waals surface area contributed by atoms with E-state index in [4.69, 9.17) is 4.74 Å². The van der Waals surface area contributed by atoms with Crippen LogP contribution < -0.4 is 51.4 Å². The minimum atomic E-state index is -4.87. The average Bonchev–Trinajstić information content (AvgIpc) is 2.94. The third kappa shape index (κ3) is 5.13. The topological polar surface area (TPSA) is 133 Å². The third-order valence-corrected chi connectivity index (χ3v) is 7.81. The second kappa shape index (κ2) is 9.70. The van der Waals surface area contributed by atoms with Gasteiger partial charge in [0.1, 0.15) is 12.7 Å². The summed E-state index contributed by atoms with van der Waals surface area (Å²) < 4.78 is 42.6. The van der Waals surface area contributed by atoms with Gasteiger partial charge in [-0.15, -0.1) is 0 Å². The number of fused-ring (bicyclic) bond motifs is 1. The van der Waals surface area contributed by atoms with E-state index in [1.807, 2.05) is 0 Å². The maximum atomic E-state index is 11.8. The van der Waals surface area contributed by atoms with E-state index in [0.717, 1.165) is 5.57 Å². The Morgan fingerprint density at radius 3 is 2.57 bits per heavy atom. The van der Waals surface area contributed by atoms with Gasteiger partial charge < -0.3 is 19.5 Å². The van der Waals surface area contributed by atoms with Gasteiger partial charge in [-0.05, 0) is 49.4 Å². The summed E-state index contributed by atoms with van der Waals surface area (Å²) >= 11 is 0. The van der Waals surface area contributed by atoms with Crippen LogP contribution in [0.1, 0.15) is 46.0 Å². The summed E-state index contributed by atoms with van der Waals surface area (Å²) in [6, 6.07) is 0. The molecule has 3 aliphatic rings. The van der Waals surface area contributed by atoms with Crippen LogP contribution in [0.3, 0.4) is 0 Å². The molecule has 3 rings (SSSR count). The summed E-state index contributed by atoms with van der Waals surface area (Å²) in [6.07, 6.45) is 2.99. The number of rotatable bonds is 5. The van der Waals surface area contributed by atoms with Crippen molar-refractivity contribution < 1.29 is 88.3 Å². The third-order valence-electron chi connectivity index (χ3n) is 7.41. The van der Waals surface area contributed by atoms with E-state index in [0.29, 0.717) is 32.1 Å². The van der Waals surface area contributed by atoms with Gasteiger partial charge in [-0.1, -0.05) is 32.1 Å². The van der Waals surface area contributed by atoms with Crippen molar-refractivity contribution in [3.63, 3.8) is 0 Å². The van der Waals surface area contributed by atoms with Gasteiger partial charge in [0.2, 0.25) is 10.4 Å². The van der Waals surface area contributed by atoms with Crippen molar-refractivity contribution in [1.82, 2.24) is 0 Å². The number of aliphatic hydroxyl groups is 2. The van der Waals surface area contributed by atoms with Gasteiger partial charge in [-0.2, -0.15) is 0 Å². The standard InChI is InChI=1S/C20H30O8S.K/c1-12-4-7-16-19(2,14(12)6-5-13-15(21)10-27-18(13)23)9-8-17(22)20(16,3)11-28-29(24,25)26;/h5,14-17,21-22H,1,4,6-11H2,2-3H3,(H,24,25,26);/q;+1/p-1/b13-5+;/t14?,15-,16+,17-,19+,20+;/m1./s1. The van der Waals surface area contributed by atoms with Crippen molar-refractivity contribution in [3.05, 3.63) is 23.8 Å². The van der Waals surface area contributed by atoms with E-state index in [9.17, 15) is 28.0 Å². The number of esters is 1. The van der Waals surface area contributed by atoms with Crippen LogP contribution in [-0.4, -0.2) is 54.6 Å². The Morgan fingerprint density at radius 2 is 2.00 bits per heavy atom. The summed E-state index contributed by atoms with van der Waals surface area (Å²) in [6.45, 7) is 7.67. The summed E-state index contributed by atoms with van der Waals surface area (Å²) in [7, 11) is -4.87. The van der Waals surface area contributed by atoms with E-state index in [1.165, 1.54) is 0 Å². The van der Waals surface area contributed by atoms with E-state index in [-0.39, 0.29) is 87.4 Å². The zero-order valence-electron chi connectivity index (χ0n) is 17.8. The van der Waals surface area contributed by atoms with E-state index in [2.05, 4.69) is 17.7 Å². The maximum Gasteiger partial charge on any atom is 1.00 e. The number of allylic oxidation sites excluding steroid dienone is 2. The summed E-state index contributed by atoms with van der Waals surface area (Å²) in [5.41, 5.74) is 0.0483. The van der Waals surface area contributed by atoms with E-state index in [1.54, 1.807) is 13.0 Å². The van der Waals surface area contributed by atoms with Crippen LogP contribution in [0.2, 0.25) is 0 Å². The molecule has 0 radical (unpaired) electrons. The van der Waals surface area contributed by atoms with Crippen LogP contribution in [0.25, 0.3) is 0 Å².